The molecule has 0 unspecified atom stereocenters. The number of pyridine rings is 1. The molecule has 0 saturated heterocycles. The van der Waals surface area contributed by atoms with E-state index in [0.717, 1.165) is 0 Å². The van der Waals surface area contributed by atoms with E-state index < -0.39 is 5.97 Å². The van der Waals surface area contributed by atoms with Gasteiger partial charge in [-0.15, -0.1) is 4.91 Å². The molecule has 1 aromatic heterocycles. The first-order valence-electron chi connectivity index (χ1n) is 2.89. The molecular weight excluding hydrogens is 275 g/mol. The van der Waals surface area contributed by atoms with Crippen molar-refractivity contribution in [3.63, 3.8) is 0 Å². The SMILES string of the molecule is O=NOC(=O)c1ccnc(I)c1. The topological polar surface area (TPSA) is 68.6 Å². The number of hydrogen-bond donors (Lipinski definition) is 0. The average molecular weight is 278 g/mol. The summed E-state index contributed by atoms with van der Waals surface area (Å²) in [7, 11) is 0. The molecule has 0 aromatic carbocycles. The van der Waals surface area contributed by atoms with Crippen molar-refractivity contribution in [2.75, 3.05) is 0 Å². The lowest BCUT2D eigenvalue weighted by Crippen LogP contribution is -2.00. The Hall–Kier alpha value is -1.05. The zero-order chi connectivity index (χ0) is 8.97. The summed E-state index contributed by atoms with van der Waals surface area (Å²) in [5, 5.41) is 2.02. The summed E-state index contributed by atoms with van der Waals surface area (Å²) in [5.41, 5.74) is 0.258. The van der Waals surface area contributed by atoms with Gasteiger partial charge in [-0.2, -0.15) is 0 Å². The fraction of sp³-hybridized carbons (Fsp3) is 0. The maximum Gasteiger partial charge on any atom is 0.369 e. The predicted molar refractivity (Wildman–Crippen MR) is 48.2 cm³/mol. The van der Waals surface area contributed by atoms with Crippen molar-refractivity contribution in [2.24, 2.45) is 5.34 Å². The van der Waals surface area contributed by atoms with Gasteiger partial charge in [-0.05, 0) is 34.7 Å². The highest BCUT2D eigenvalue weighted by Crippen LogP contribution is 2.05. The number of nitrogens with zero attached hydrogens (tertiary/aromatic N) is 2. The van der Waals surface area contributed by atoms with Gasteiger partial charge in [0.1, 0.15) is 3.70 Å². The van der Waals surface area contributed by atoms with Gasteiger partial charge in [-0.25, -0.2) is 4.79 Å². The largest absolute Gasteiger partial charge is 0.369 e. The van der Waals surface area contributed by atoms with Crippen LogP contribution in [0.3, 0.4) is 0 Å². The average Bonchev–Trinajstić information content (AvgIpc) is 2.05. The van der Waals surface area contributed by atoms with Crippen LogP contribution in [0.4, 0.5) is 0 Å². The fourth-order valence-corrected chi connectivity index (χ4v) is 1.11. The van der Waals surface area contributed by atoms with Gasteiger partial charge in [0, 0.05) is 6.20 Å². The van der Waals surface area contributed by atoms with Gasteiger partial charge in [0.05, 0.1) is 5.56 Å². The van der Waals surface area contributed by atoms with Crippen LogP contribution in [0.2, 0.25) is 0 Å². The quantitative estimate of drug-likeness (QED) is 0.356. The highest BCUT2D eigenvalue weighted by molar-refractivity contribution is 14.1. The first-order valence-corrected chi connectivity index (χ1v) is 3.97. The highest BCUT2D eigenvalue weighted by atomic mass is 127. The van der Waals surface area contributed by atoms with E-state index in [1.165, 1.54) is 18.3 Å². The zero-order valence-corrected chi connectivity index (χ0v) is 7.89. The Kier molecular flexibility index (Phi) is 3.09. The van der Waals surface area contributed by atoms with Crippen LogP contribution in [0.15, 0.2) is 23.7 Å². The molecule has 0 aliphatic rings. The number of rotatable bonds is 2. The third kappa shape index (κ3) is 2.22. The number of halogens is 1. The smallest absolute Gasteiger partial charge is 0.279 e. The molecule has 0 aliphatic carbocycles. The van der Waals surface area contributed by atoms with Gasteiger partial charge in [0.15, 0.2) is 5.34 Å². The van der Waals surface area contributed by atoms with Crippen LogP contribution < -0.4 is 0 Å². The Morgan fingerprint density at radius 3 is 3.00 bits per heavy atom. The predicted octanol–water partition coefficient (Wildman–Crippen LogP) is 1.52. The molecule has 0 aliphatic heterocycles. The third-order valence-electron chi connectivity index (χ3n) is 1.08. The van der Waals surface area contributed by atoms with Crippen molar-refractivity contribution in [1.29, 1.82) is 0 Å². The Balaban J connectivity index is 2.87. The molecule has 0 radical (unpaired) electrons. The molecule has 6 heteroatoms. The second-order valence-electron chi connectivity index (χ2n) is 1.82. The maximum absolute atomic E-state index is 10.8. The minimum atomic E-state index is -0.773. The van der Waals surface area contributed by atoms with E-state index in [1.54, 1.807) is 0 Å². The van der Waals surface area contributed by atoms with Crippen LogP contribution in [0.5, 0.6) is 0 Å². The van der Waals surface area contributed by atoms with Crippen LogP contribution >= 0.6 is 22.6 Å². The minimum absolute atomic E-state index is 0.258. The van der Waals surface area contributed by atoms with Crippen molar-refractivity contribution in [2.45, 2.75) is 0 Å². The highest BCUT2D eigenvalue weighted by Gasteiger charge is 2.07. The maximum atomic E-state index is 10.8. The molecule has 62 valence electrons. The van der Waals surface area contributed by atoms with Crippen molar-refractivity contribution < 1.29 is 9.63 Å². The molecule has 1 rings (SSSR count). The summed E-state index contributed by atoms with van der Waals surface area (Å²) < 4.78 is 0.646. The van der Waals surface area contributed by atoms with Crippen LogP contribution in [0.1, 0.15) is 10.4 Å². The van der Waals surface area contributed by atoms with E-state index in [9.17, 15) is 9.70 Å². The Morgan fingerprint density at radius 1 is 1.67 bits per heavy atom. The summed E-state index contributed by atoms with van der Waals surface area (Å²) in [6.07, 6.45) is 1.45. The first-order chi connectivity index (χ1) is 5.74. The van der Waals surface area contributed by atoms with Crippen molar-refractivity contribution in [1.82, 2.24) is 4.98 Å². The van der Waals surface area contributed by atoms with E-state index >= 15 is 0 Å². The lowest BCUT2D eigenvalue weighted by atomic mass is 10.3. The summed E-state index contributed by atoms with van der Waals surface area (Å²) >= 11 is 1.94. The molecular formula is C6H3IN2O3. The minimum Gasteiger partial charge on any atom is -0.279 e. The van der Waals surface area contributed by atoms with Gasteiger partial charge in [-0.3, -0.25) is 9.82 Å². The third-order valence-corrected chi connectivity index (χ3v) is 1.67. The first kappa shape index (κ1) is 9.04. The second-order valence-corrected chi connectivity index (χ2v) is 2.93. The Bertz CT molecular complexity index is 315. The number of carbonyl (C=O) groups excluding carboxylic acids is 1. The van der Waals surface area contributed by atoms with Crippen LogP contribution in [0, 0.1) is 8.61 Å². The normalized spacial score (nSPS) is 9.08. The molecule has 0 bridgehead atoms. The molecule has 0 atom stereocenters. The summed E-state index contributed by atoms with van der Waals surface area (Å²) in [6.45, 7) is 0. The molecule has 5 nitrogen and oxygen atoms in total. The lowest BCUT2D eigenvalue weighted by Gasteiger charge is -1.94. The van der Waals surface area contributed by atoms with Crippen LogP contribution in [0.25, 0.3) is 0 Å². The molecule has 0 amide bonds. The van der Waals surface area contributed by atoms with Crippen molar-refractivity contribution in [3.8, 4) is 0 Å². The van der Waals surface area contributed by atoms with Gasteiger partial charge in [-0.1, -0.05) is 0 Å². The van der Waals surface area contributed by atoms with Crippen molar-refractivity contribution >= 4 is 28.6 Å². The van der Waals surface area contributed by atoms with Gasteiger partial charge < -0.3 is 0 Å². The molecule has 0 fully saturated rings. The molecule has 12 heavy (non-hydrogen) atoms. The van der Waals surface area contributed by atoms with E-state index in [1.807, 2.05) is 27.9 Å². The summed E-state index contributed by atoms with van der Waals surface area (Å²) in [6, 6.07) is 2.93. The Labute approximate surface area is 81.2 Å². The van der Waals surface area contributed by atoms with Crippen molar-refractivity contribution in [3.05, 3.63) is 32.5 Å². The van der Waals surface area contributed by atoms with Crippen LogP contribution in [-0.4, -0.2) is 11.0 Å². The molecule has 0 N–H and O–H groups in total. The molecule has 0 saturated carbocycles. The standard InChI is InChI=1S/C6H3IN2O3/c7-5-3-4(1-2-8-5)6(10)12-9-11/h1-3H. The molecule has 1 heterocycles. The van der Waals surface area contributed by atoms with Gasteiger partial charge in [0.2, 0.25) is 0 Å². The molecule has 1 aromatic rings. The Morgan fingerprint density at radius 2 is 2.42 bits per heavy atom. The molecule has 0 spiro atoms. The number of carbonyl (C=O) groups is 1. The van der Waals surface area contributed by atoms with Crippen LogP contribution in [-0.2, 0) is 4.84 Å². The second kappa shape index (κ2) is 4.10. The van der Waals surface area contributed by atoms with E-state index in [2.05, 4.69) is 9.82 Å². The number of hydrogen-bond acceptors (Lipinski definition) is 5. The number of aromatic nitrogens is 1. The fourth-order valence-electron chi connectivity index (χ4n) is 0.616. The van der Waals surface area contributed by atoms with Gasteiger partial charge >= 0.3 is 5.97 Å². The lowest BCUT2D eigenvalue weighted by molar-refractivity contribution is 0.0508. The van der Waals surface area contributed by atoms with E-state index in [-0.39, 0.29) is 5.56 Å². The monoisotopic (exact) mass is 278 g/mol. The zero-order valence-electron chi connectivity index (χ0n) is 5.73. The summed E-state index contributed by atoms with van der Waals surface area (Å²) in [4.78, 5) is 28.1. The summed E-state index contributed by atoms with van der Waals surface area (Å²) in [5.74, 6) is -0.773. The van der Waals surface area contributed by atoms with E-state index in [0.29, 0.717) is 3.70 Å². The van der Waals surface area contributed by atoms with Gasteiger partial charge in [0.25, 0.3) is 0 Å². The van der Waals surface area contributed by atoms with E-state index in [4.69, 9.17) is 0 Å².